The van der Waals surface area contributed by atoms with Crippen molar-refractivity contribution in [3.8, 4) is 0 Å². The molecule has 1 heterocycles. The third kappa shape index (κ3) is 3.74. The van der Waals surface area contributed by atoms with Gasteiger partial charge in [-0.3, -0.25) is 4.79 Å². The summed E-state index contributed by atoms with van der Waals surface area (Å²) in [4.78, 5) is 12.9. The number of carbonyl (C=O) groups is 1. The van der Waals surface area contributed by atoms with E-state index in [0.717, 1.165) is 13.0 Å². The quantitative estimate of drug-likeness (QED) is 0.826. The Morgan fingerprint density at radius 3 is 2.81 bits per heavy atom. The monoisotopic (exact) mass is 312 g/mol. The van der Waals surface area contributed by atoms with Gasteiger partial charge < -0.3 is 10.0 Å². The van der Waals surface area contributed by atoms with Crippen LogP contribution in [0.15, 0.2) is 29.2 Å². The van der Waals surface area contributed by atoms with Crippen LogP contribution in [-0.2, 0) is 14.8 Å². The van der Waals surface area contributed by atoms with Gasteiger partial charge in [0.25, 0.3) is 0 Å². The molecule has 0 aromatic heterocycles. The SMILES string of the molecule is CNS(=O)(=O)c1ccccc1N1CCC(CCC(=O)O)C1. The Bertz CT molecular complexity index is 615. The second-order valence-corrected chi connectivity index (χ2v) is 7.06. The molecule has 1 aromatic carbocycles. The molecule has 1 saturated heterocycles. The molecule has 0 amide bonds. The fraction of sp³-hybridized carbons (Fsp3) is 0.500. The van der Waals surface area contributed by atoms with Crippen LogP contribution in [0.1, 0.15) is 19.3 Å². The maximum Gasteiger partial charge on any atom is 0.303 e. The topological polar surface area (TPSA) is 86.7 Å². The summed E-state index contributed by atoms with van der Waals surface area (Å²) in [5.74, 6) is -0.488. The summed E-state index contributed by atoms with van der Waals surface area (Å²) in [6.45, 7) is 1.45. The van der Waals surface area contributed by atoms with Crippen molar-refractivity contribution in [2.45, 2.75) is 24.2 Å². The molecule has 7 heteroatoms. The highest BCUT2D eigenvalue weighted by atomic mass is 32.2. The molecule has 2 rings (SSSR count). The van der Waals surface area contributed by atoms with E-state index in [9.17, 15) is 13.2 Å². The van der Waals surface area contributed by atoms with Gasteiger partial charge in [-0.05, 0) is 37.9 Å². The van der Waals surface area contributed by atoms with Crippen molar-refractivity contribution in [3.63, 3.8) is 0 Å². The summed E-state index contributed by atoms with van der Waals surface area (Å²) in [6, 6.07) is 6.90. The van der Waals surface area contributed by atoms with Crippen molar-refractivity contribution in [1.29, 1.82) is 0 Å². The minimum atomic E-state index is -3.50. The first kappa shape index (κ1) is 15.8. The molecule has 21 heavy (non-hydrogen) atoms. The van der Waals surface area contributed by atoms with Crippen LogP contribution in [0.3, 0.4) is 0 Å². The highest BCUT2D eigenvalue weighted by Gasteiger charge is 2.27. The first-order valence-corrected chi connectivity index (χ1v) is 8.41. The number of nitrogens with zero attached hydrogens (tertiary/aromatic N) is 1. The van der Waals surface area contributed by atoms with Gasteiger partial charge in [-0.15, -0.1) is 0 Å². The molecule has 0 spiro atoms. The van der Waals surface area contributed by atoms with Crippen molar-refractivity contribution in [1.82, 2.24) is 4.72 Å². The van der Waals surface area contributed by atoms with Gasteiger partial charge in [0.15, 0.2) is 0 Å². The lowest BCUT2D eigenvalue weighted by molar-refractivity contribution is -0.137. The maximum absolute atomic E-state index is 12.1. The number of rotatable bonds is 6. The van der Waals surface area contributed by atoms with E-state index < -0.39 is 16.0 Å². The molecule has 0 bridgehead atoms. The number of nitrogens with one attached hydrogen (secondary N) is 1. The molecule has 1 aromatic rings. The fourth-order valence-electron chi connectivity index (χ4n) is 2.67. The second kappa shape index (κ2) is 6.44. The molecule has 0 saturated carbocycles. The maximum atomic E-state index is 12.1. The first-order chi connectivity index (χ1) is 9.94. The highest BCUT2D eigenvalue weighted by molar-refractivity contribution is 7.89. The molecule has 6 nitrogen and oxygen atoms in total. The van der Waals surface area contributed by atoms with Crippen molar-refractivity contribution in [2.24, 2.45) is 5.92 Å². The number of hydrogen-bond donors (Lipinski definition) is 2. The van der Waals surface area contributed by atoms with Crippen LogP contribution >= 0.6 is 0 Å². The van der Waals surface area contributed by atoms with Gasteiger partial charge in [0.05, 0.1) is 5.69 Å². The average Bonchev–Trinajstić information content (AvgIpc) is 2.94. The van der Waals surface area contributed by atoms with Gasteiger partial charge in [-0.2, -0.15) is 0 Å². The van der Waals surface area contributed by atoms with Crippen LogP contribution in [0.25, 0.3) is 0 Å². The van der Waals surface area contributed by atoms with Crippen molar-refractivity contribution in [2.75, 3.05) is 25.0 Å². The minimum absolute atomic E-state index is 0.162. The van der Waals surface area contributed by atoms with Crippen LogP contribution in [0.5, 0.6) is 0 Å². The predicted molar refractivity (Wildman–Crippen MR) is 79.9 cm³/mol. The van der Waals surface area contributed by atoms with E-state index in [4.69, 9.17) is 5.11 Å². The third-order valence-corrected chi connectivity index (χ3v) is 5.28. The van der Waals surface area contributed by atoms with Crippen LogP contribution in [-0.4, -0.2) is 39.6 Å². The van der Waals surface area contributed by atoms with E-state index in [1.165, 1.54) is 7.05 Å². The fourth-order valence-corrected chi connectivity index (χ4v) is 3.62. The molecular formula is C14H20N2O4S. The molecule has 1 aliphatic heterocycles. The van der Waals surface area contributed by atoms with E-state index >= 15 is 0 Å². The normalized spacial score (nSPS) is 18.9. The van der Waals surface area contributed by atoms with E-state index in [-0.39, 0.29) is 11.3 Å². The smallest absolute Gasteiger partial charge is 0.303 e. The Balaban J connectivity index is 2.15. The Morgan fingerprint density at radius 2 is 2.14 bits per heavy atom. The minimum Gasteiger partial charge on any atom is -0.481 e. The number of sulfonamides is 1. The molecule has 1 aliphatic rings. The van der Waals surface area contributed by atoms with E-state index in [0.29, 0.717) is 24.6 Å². The number of anilines is 1. The van der Waals surface area contributed by atoms with Gasteiger partial charge in [0, 0.05) is 19.5 Å². The Labute approximate surface area is 124 Å². The number of carboxylic acids is 1. The summed E-state index contributed by atoms with van der Waals surface area (Å²) in [5.41, 5.74) is 0.685. The standard InChI is InChI=1S/C14H20N2O4S/c1-15-21(19,20)13-5-3-2-4-12(13)16-9-8-11(10-16)6-7-14(17)18/h2-5,11,15H,6-10H2,1H3,(H,17,18). The van der Waals surface area contributed by atoms with Crippen LogP contribution in [0, 0.1) is 5.92 Å². The zero-order valence-corrected chi connectivity index (χ0v) is 12.8. The molecule has 1 atom stereocenters. The summed E-state index contributed by atoms with van der Waals surface area (Å²) in [5, 5.41) is 8.74. The average molecular weight is 312 g/mol. The molecule has 0 radical (unpaired) electrons. The third-order valence-electron chi connectivity index (χ3n) is 3.82. The Morgan fingerprint density at radius 1 is 1.43 bits per heavy atom. The number of carboxylic acid groups (broad SMARTS) is 1. The molecule has 116 valence electrons. The Hall–Kier alpha value is -1.60. The molecule has 1 unspecified atom stereocenters. The number of aliphatic carboxylic acids is 1. The van der Waals surface area contributed by atoms with Crippen molar-refractivity contribution in [3.05, 3.63) is 24.3 Å². The summed E-state index contributed by atoms with van der Waals surface area (Å²) >= 11 is 0. The van der Waals surface area contributed by atoms with Crippen LogP contribution in [0.4, 0.5) is 5.69 Å². The van der Waals surface area contributed by atoms with Gasteiger partial charge in [-0.25, -0.2) is 13.1 Å². The zero-order valence-electron chi connectivity index (χ0n) is 11.9. The van der Waals surface area contributed by atoms with E-state index in [2.05, 4.69) is 4.72 Å². The van der Waals surface area contributed by atoms with E-state index in [1.54, 1.807) is 18.2 Å². The van der Waals surface area contributed by atoms with E-state index in [1.807, 2.05) is 11.0 Å². The lowest BCUT2D eigenvalue weighted by atomic mass is 10.0. The number of hydrogen-bond acceptors (Lipinski definition) is 4. The molecule has 2 N–H and O–H groups in total. The second-order valence-electron chi connectivity index (χ2n) is 5.21. The van der Waals surface area contributed by atoms with Crippen LogP contribution in [0.2, 0.25) is 0 Å². The van der Waals surface area contributed by atoms with Crippen molar-refractivity contribution < 1.29 is 18.3 Å². The van der Waals surface area contributed by atoms with Gasteiger partial charge >= 0.3 is 5.97 Å². The predicted octanol–water partition coefficient (Wildman–Crippen LogP) is 1.29. The lowest BCUT2D eigenvalue weighted by Gasteiger charge is -2.21. The van der Waals surface area contributed by atoms with Gasteiger partial charge in [0.2, 0.25) is 10.0 Å². The van der Waals surface area contributed by atoms with Gasteiger partial charge in [-0.1, -0.05) is 12.1 Å². The number of para-hydroxylation sites is 1. The zero-order chi connectivity index (χ0) is 15.5. The lowest BCUT2D eigenvalue weighted by Crippen LogP contribution is -2.25. The van der Waals surface area contributed by atoms with Crippen molar-refractivity contribution >= 4 is 21.7 Å². The highest BCUT2D eigenvalue weighted by Crippen LogP contribution is 2.31. The molecule has 0 aliphatic carbocycles. The largest absolute Gasteiger partial charge is 0.481 e. The summed E-state index contributed by atoms with van der Waals surface area (Å²) in [6.07, 6.45) is 1.68. The summed E-state index contributed by atoms with van der Waals surface area (Å²) in [7, 11) is -2.10. The Kier molecular flexibility index (Phi) is 4.84. The number of benzene rings is 1. The first-order valence-electron chi connectivity index (χ1n) is 6.93. The van der Waals surface area contributed by atoms with Gasteiger partial charge in [0.1, 0.15) is 4.90 Å². The molecule has 1 fully saturated rings. The van der Waals surface area contributed by atoms with Crippen LogP contribution < -0.4 is 9.62 Å². The summed E-state index contributed by atoms with van der Waals surface area (Å²) < 4.78 is 26.5. The molecular weight excluding hydrogens is 292 g/mol.